The van der Waals surface area contributed by atoms with E-state index in [-0.39, 0.29) is 17.6 Å². The molecule has 0 saturated carbocycles. The molecule has 0 bridgehead atoms. The lowest BCUT2D eigenvalue weighted by Crippen LogP contribution is -2.34. The summed E-state index contributed by atoms with van der Waals surface area (Å²) in [6.45, 7) is 3.91. The largest absolute Gasteiger partial charge is 0.391 e. The molecule has 0 heterocycles. The lowest BCUT2D eigenvalue weighted by molar-refractivity contribution is -0.384. The molecule has 1 aromatic rings. The Hall–Kier alpha value is -1.46. The Morgan fingerprint density at radius 3 is 2.39 bits per heavy atom. The highest BCUT2D eigenvalue weighted by molar-refractivity contribution is 5.34. The summed E-state index contributed by atoms with van der Waals surface area (Å²) < 4.78 is 0. The van der Waals surface area contributed by atoms with Gasteiger partial charge in [-0.05, 0) is 24.3 Å². The van der Waals surface area contributed by atoms with Gasteiger partial charge in [-0.1, -0.05) is 26.0 Å². The minimum absolute atomic E-state index is 0.0803. The molecule has 3 unspecified atom stereocenters. The third-order valence-corrected chi connectivity index (χ3v) is 3.23. The molecule has 5 heteroatoms. The quantitative estimate of drug-likeness (QED) is 0.600. The van der Waals surface area contributed by atoms with Crippen LogP contribution in [0.25, 0.3) is 0 Å². The first-order chi connectivity index (χ1) is 8.45. The van der Waals surface area contributed by atoms with Crippen LogP contribution in [0.3, 0.4) is 0 Å². The van der Waals surface area contributed by atoms with E-state index in [2.05, 4.69) is 0 Å². The fourth-order valence-electron chi connectivity index (χ4n) is 1.87. The van der Waals surface area contributed by atoms with Crippen molar-refractivity contribution in [3.05, 3.63) is 39.9 Å². The van der Waals surface area contributed by atoms with E-state index in [4.69, 9.17) is 5.73 Å². The van der Waals surface area contributed by atoms with E-state index < -0.39 is 11.0 Å². The monoisotopic (exact) mass is 252 g/mol. The molecule has 18 heavy (non-hydrogen) atoms. The molecular weight excluding hydrogens is 232 g/mol. The smallest absolute Gasteiger partial charge is 0.269 e. The zero-order valence-electron chi connectivity index (χ0n) is 10.7. The van der Waals surface area contributed by atoms with Crippen molar-refractivity contribution in [2.24, 2.45) is 5.73 Å². The van der Waals surface area contributed by atoms with Gasteiger partial charge in [0.2, 0.25) is 0 Å². The Morgan fingerprint density at radius 2 is 1.94 bits per heavy atom. The van der Waals surface area contributed by atoms with Crippen LogP contribution in [0.15, 0.2) is 24.3 Å². The molecule has 0 fully saturated rings. The van der Waals surface area contributed by atoms with Crippen molar-refractivity contribution < 1.29 is 10.0 Å². The number of hydrogen-bond acceptors (Lipinski definition) is 4. The van der Waals surface area contributed by atoms with Gasteiger partial charge in [-0.2, -0.15) is 0 Å². The van der Waals surface area contributed by atoms with Crippen LogP contribution >= 0.6 is 0 Å². The van der Waals surface area contributed by atoms with E-state index in [0.717, 1.165) is 12.0 Å². The summed E-state index contributed by atoms with van der Waals surface area (Å²) in [5.41, 5.74) is 6.82. The highest BCUT2D eigenvalue weighted by atomic mass is 16.6. The lowest BCUT2D eigenvalue weighted by atomic mass is 9.92. The number of benzene rings is 1. The zero-order chi connectivity index (χ0) is 13.7. The first-order valence-corrected chi connectivity index (χ1v) is 6.13. The molecule has 0 aromatic heterocycles. The first-order valence-electron chi connectivity index (χ1n) is 6.13. The fourth-order valence-corrected chi connectivity index (χ4v) is 1.87. The third kappa shape index (κ3) is 3.78. The number of aliphatic hydroxyl groups is 1. The van der Waals surface area contributed by atoms with Crippen molar-refractivity contribution in [3.63, 3.8) is 0 Å². The van der Waals surface area contributed by atoms with Crippen LogP contribution in [-0.2, 0) is 0 Å². The van der Waals surface area contributed by atoms with Gasteiger partial charge in [0, 0.05) is 18.2 Å². The van der Waals surface area contributed by atoms with Crippen molar-refractivity contribution >= 4 is 5.69 Å². The summed E-state index contributed by atoms with van der Waals surface area (Å²) in [6.07, 6.45) is 0.751. The van der Waals surface area contributed by atoms with Gasteiger partial charge >= 0.3 is 0 Å². The van der Waals surface area contributed by atoms with Gasteiger partial charge in [0.1, 0.15) is 0 Å². The first kappa shape index (κ1) is 14.6. The Kier molecular flexibility index (Phi) is 5.25. The molecule has 0 amide bonds. The molecule has 3 atom stereocenters. The van der Waals surface area contributed by atoms with Gasteiger partial charge in [0.25, 0.3) is 5.69 Å². The van der Waals surface area contributed by atoms with E-state index in [1.54, 1.807) is 12.1 Å². The summed E-state index contributed by atoms with van der Waals surface area (Å²) in [4.78, 5) is 10.1. The topological polar surface area (TPSA) is 89.4 Å². The van der Waals surface area contributed by atoms with Crippen molar-refractivity contribution in [2.45, 2.75) is 44.8 Å². The molecule has 0 saturated heterocycles. The van der Waals surface area contributed by atoms with Crippen molar-refractivity contribution in [1.29, 1.82) is 0 Å². The molecule has 5 nitrogen and oxygen atoms in total. The summed E-state index contributed by atoms with van der Waals surface area (Å²) in [6, 6.07) is 6.21. The van der Waals surface area contributed by atoms with E-state index in [1.807, 2.05) is 13.8 Å². The molecular formula is C13H20N2O3. The van der Waals surface area contributed by atoms with Gasteiger partial charge in [-0.15, -0.1) is 0 Å². The summed E-state index contributed by atoms with van der Waals surface area (Å²) in [7, 11) is 0. The fraction of sp³-hybridized carbons (Fsp3) is 0.538. The van der Waals surface area contributed by atoms with E-state index >= 15 is 0 Å². The number of aliphatic hydroxyl groups excluding tert-OH is 1. The summed E-state index contributed by atoms with van der Waals surface area (Å²) in [5.74, 6) is 0.124. The van der Waals surface area contributed by atoms with Crippen LogP contribution in [-0.4, -0.2) is 22.2 Å². The molecule has 1 aromatic carbocycles. The van der Waals surface area contributed by atoms with Crippen LogP contribution in [0.2, 0.25) is 0 Å². The Bertz CT molecular complexity index is 392. The average Bonchev–Trinajstić information content (AvgIpc) is 2.37. The maximum Gasteiger partial charge on any atom is 0.269 e. The SMILES string of the molecule is CCC(N)C(O)CC(C)c1ccc([N+](=O)[O-])cc1. The van der Waals surface area contributed by atoms with Crippen molar-refractivity contribution in [1.82, 2.24) is 0 Å². The average molecular weight is 252 g/mol. The van der Waals surface area contributed by atoms with Crippen LogP contribution in [0.5, 0.6) is 0 Å². The number of nitro groups is 1. The van der Waals surface area contributed by atoms with Gasteiger partial charge in [0.05, 0.1) is 11.0 Å². The predicted molar refractivity (Wildman–Crippen MR) is 70.4 cm³/mol. The predicted octanol–water partition coefficient (Wildman–Crippen LogP) is 2.19. The molecule has 100 valence electrons. The highest BCUT2D eigenvalue weighted by Gasteiger charge is 2.17. The Morgan fingerprint density at radius 1 is 1.39 bits per heavy atom. The van der Waals surface area contributed by atoms with Gasteiger partial charge in [-0.3, -0.25) is 10.1 Å². The maximum atomic E-state index is 10.5. The number of rotatable bonds is 6. The molecule has 0 aliphatic heterocycles. The maximum absolute atomic E-state index is 10.5. The van der Waals surface area contributed by atoms with Crippen molar-refractivity contribution in [2.75, 3.05) is 0 Å². The van der Waals surface area contributed by atoms with Crippen LogP contribution in [0, 0.1) is 10.1 Å². The zero-order valence-corrected chi connectivity index (χ0v) is 10.7. The summed E-state index contributed by atoms with van der Waals surface area (Å²) in [5, 5.41) is 20.4. The van der Waals surface area contributed by atoms with E-state index in [1.165, 1.54) is 12.1 Å². The van der Waals surface area contributed by atoms with Crippen molar-refractivity contribution in [3.8, 4) is 0 Å². The highest BCUT2D eigenvalue weighted by Crippen LogP contribution is 2.24. The second-order valence-electron chi connectivity index (χ2n) is 4.62. The van der Waals surface area contributed by atoms with Gasteiger partial charge in [-0.25, -0.2) is 0 Å². The third-order valence-electron chi connectivity index (χ3n) is 3.23. The van der Waals surface area contributed by atoms with Crippen LogP contribution < -0.4 is 5.73 Å². The van der Waals surface area contributed by atoms with E-state index in [9.17, 15) is 15.2 Å². The van der Waals surface area contributed by atoms with E-state index in [0.29, 0.717) is 6.42 Å². The second kappa shape index (κ2) is 6.47. The normalized spacial score (nSPS) is 16.0. The Balaban J connectivity index is 2.66. The minimum atomic E-state index is -0.541. The van der Waals surface area contributed by atoms with Gasteiger partial charge in [0.15, 0.2) is 0 Å². The standard InChI is InChI=1S/C13H20N2O3/c1-3-12(14)13(16)8-9(2)10-4-6-11(7-5-10)15(17)18/h4-7,9,12-13,16H,3,8,14H2,1-2H3. The van der Waals surface area contributed by atoms with Gasteiger partial charge < -0.3 is 10.8 Å². The minimum Gasteiger partial charge on any atom is -0.391 e. The summed E-state index contributed by atoms with van der Waals surface area (Å²) >= 11 is 0. The number of hydrogen-bond donors (Lipinski definition) is 2. The second-order valence-corrected chi connectivity index (χ2v) is 4.62. The lowest BCUT2D eigenvalue weighted by Gasteiger charge is -2.21. The van der Waals surface area contributed by atoms with Crippen LogP contribution in [0.4, 0.5) is 5.69 Å². The molecule has 0 aliphatic rings. The molecule has 0 aliphatic carbocycles. The van der Waals surface area contributed by atoms with Crippen LogP contribution in [0.1, 0.15) is 38.2 Å². The number of nitrogens with two attached hydrogens (primary N) is 1. The molecule has 0 radical (unpaired) electrons. The molecule has 0 spiro atoms. The Labute approximate surface area is 107 Å². The number of non-ortho nitro benzene ring substituents is 1. The number of nitro benzene ring substituents is 1. The molecule has 3 N–H and O–H groups in total. The number of nitrogens with zero attached hydrogens (tertiary/aromatic N) is 1. The molecule has 1 rings (SSSR count).